The van der Waals surface area contributed by atoms with Crippen molar-refractivity contribution in [2.24, 2.45) is 0 Å². The Morgan fingerprint density at radius 3 is 2.55 bits per heavy atom. The molecule has 0 unspecified atom stereocenters. The highest BCUT2D eigenvalue weighted by atomic mass is 16.5. The molecule has 0 fully saturated rings. The Balaban J connectivity index is 2.62. The van der Waals surface area contributed by atoms with E-state index >= 15 is 0 Å². The van der Waals surface area contributed by atoms with Gasteiger partial charge in [0.1, 0.15) is 23.6 Å². The molecule has 0 atom stereocenters. The first kappa shape index (κ1) is 14.1. The minimum Gasteiger partial charge on any atom is -0.497 e. The molecule has 0 spiro atoms. The van der Waals surface area contributed by atoms with E-state index in [1.165, 1.54) is 0 Å². The van der Waals surface area contributed by atoms with Crippen LogP contribution >= 0.6 is 0 Å². The van der Waals surface area contributed by atoms with Gasteiger partial charge in [-0.2, -0.15) is 0 Å². The average Bonchev–Trinajstić information content (AvgIpc) is 2.53. The van der Waals surface area contributed by atoms with Gasteiger partial charge in [-0.1, -0.05) is 6.92 Å². The molecular formula is C15H19N3O2. The Hall–Kier alpha value is -2.30. The molecule has 0 aliphatic heterocycles. The quantitative estimate of drug-likeness (QED) is 0.907. The third-order valence-electron chi connectivity index (χ3n) is 3.20. The van der Waals surface area contributed by atoms with Crippen LogP contribution in [0.15, 0.2) is 24.5 Å². The predicted octanol–water partition coefficient (Wildman–Crippen LogP) is 2.76. The summed E-state index contributed by atoms with van der Waals surface area (Å²) in [6, 6.07) is 5.72. The predicted molar refractivity (Wildman–Crippen MR) is 79.5 cm³/mol. The molecule has 20 heavy (non-hydrogen) atoms. The number of hydrogen-bond acceptors (Lipinski definition) is 5. The van der Waals surface area contributed by atoms with Crippen molar-refractivity contribution in [1.29, 1.82) is 0 Å². The molecule has 1 aromatic heterocycles. The number of hydrogen-bond donors (Lipinski definition) is 1. The molecular weight excluding hydrogens is 254 g/mol. The minimum absolute atomic E-state index is 0.736. The lowest BCUT2D eigenvalue weighted by Crippen LogP contribution is -2.03. The first-order valence-electron chi connectivity index (χ1n) is 6.49. The Kier molecular flexibility index (Phi) is 4.40. The number of nitrogens with one attached hydrogen (secondary N) is 1. The highest BCUT2D eigenvalue weighted by Crippen LogP contribution is 2.35. The van der Waals surface area contributed by atoms with Crippen molar-refractivity contribution < 1.29 is 9.47 Å². The lowest BCUT2D eigenvalue weighted by Gasteiger charge is -2.14. The normalized spacial score (nSPS) is 10.2. The molecule has 0 saturated heterocycles. The molecule has 106 valence electrons. The van der Waals surface area contributed by atoms with Crippen LogP contribution in [0.5, 0.6) is 11.5 Å². The molecule has 0 aliphatic carbocycles. The van der Waals surface area contributed by atoms with Crippen molar-refractivity contribution in [1.82, 2.24) is 9.97 Å². The molecule has 0 saturated carbocycles. The largest absolute Gasteiger partial charge is 0.497 e. The molecule has 1 N–H and O–H groups in total. The number of methoxy groups -OCH3 is 2. The van der Waals surface area contributed by atoms with E-state index in [9.17, 15) is 0 Å². The van der Waals surface area contributed by atoms with Crippen LogP contribution in [0.25, 0.3) is 11.3 Å². The summed E-state index contributed by atoms with van der Waals surface area (Å²) in [7, 11) is 5.14. The van der Waals surface area contributed by atoms with Crippen molar-refractivity contribution >= 4 is 5.82 Å². The second-order valence-corrected chi connectivity index (χ2v) is 4.22. The summed E-state index contributed by atoms with van der Waals surface area (Å²) >= 11 is 0. The van der Waals surface area contributed by atoms with Crippen LogP contribution in [0.2, 0.25) is 0 Å². The molecule has 5 heteroatoms. The van der Waals surface area contributed by atoms with E-state index in [-0.39, 0.29) is 0 Å². The number of rotatable bonds is 5. The maximum absolute atomic E-state index is 5.45. The smallest absolute Gasteiger partial charge is 0.132 e. The Bertz CT molecular complexity index is 600. The van der Waals surface area contributed by atoms with Crippen LogP contribution in [-0.4, -0.2) is 31.2 Å². The molecule has 2 aromatic rings. The number of ether oxygens (including phenoxy) is 2. The summed E-state index contributed by atoms with van der Waals surface area (Å²) in [4.78, 5) is 8.68. The fourth-order valence-electron chi connectivity index (χ4n) is 2.19. The van der Waals surface area contributed by atoms with Gasteiger partial charge in [-0.15, -0.1) is 0 Å². The van der Waals surface area contributed by atoms with E-state index < -0.39 is 0 Å². The SMILES string of the molecule is CCc1c(NC)ncnc1-c1ccc(OC)cc1OC. The minimum atomic E-state index is 0.736. The number of benzene rings is 1. The van der Waals surface area contributed by atoms with Gasteiger partial charge in [0.2, 0.25) is 0 Å². The molecule has 1 heterocycles. The Morgan fingerprint density at radius 1 is 1.15 bits per heavy atom. The van der Waals surface area contributed by atoms with Crippen LogP contribution in [0, 0.1) is 0 Å². The fourth-order valence-corrected chi connectivity index (χ4v) is 2.19. The molecule has 1 aromatic carbocycles. The lowest BCUT2D eigenvalue weighted by molar-refractivity contribution is 0.395. The number of aromatic nitrogens is 2. The fraction of sp³-hybridized carbons (Fsp3) is 0.333. The molecule has 5 nitrogen and oxygen atoms in total. The highest BCUT2D eigenvalue weighted by molar-refractivity contribution is 5.74. The summed E-state index contributed by atoms with van der Waals surface area (Å²) in [6.07, 6.45) is 2.39. The highest BCUT2D eigenvalue weighted by Gasteiger charge is 2.15. The zero-order valence-electron chi connectivity index (χ0n) is 12.2. The summed E-state index contributed by atoms with van der Waals surface area (Å²) in [5.74, 6) is 2.33. The van der Waals surface area contributed by atoms with Gasteiger partial charge >= 0.3 is 0 Å². The maximum Gasteiger partial charge on any atom is 0.132 e. The monoisotopic (exact) mass is 273 g/mol. The summed E-state index contributed by atoms with van der Waals surface area (Å²) in [5, 5.41) is 3.10. The molecule has 0 radical (unpaired) electrons. The second-order valence-electron chi connectivity index (χ2n) is 4.22. The van der Waals surface area contributed by atoms with Crippen molar-refractivity contribution in [2.75, 3.05) is 26.6 Å². The molecule has 0 bridgehead atoms. The van der Waals surface area contributed by atoms with Gasteiger partial charge in [0.15, 0.2) is 0 Å². The van der Waals surface area contributed by atoms with Crippen molar-refractivity contribution in [3.8, 4) is 22.8 Å². The van der Waals surface area contributed by atoms with Gasteiger partial charge in [-0.05, 0) is 18.6 Å². The van der Waals surface area contributed by atoms with Crippen LogP contribution < -0.4 is 14.8 Å². The van der Waals surface area contributed by atoms with E-state index in [1.54, 1.807) is 20.5 Å². The first-order valence-corrected chi connectivity index (χ1v) is 6.49. The van der Waals surface area contributed by atoms with Gasteiger partial charge in [-0.3, -0.25) is 0 Å². The van der Waals surface area contributed by atoms with Gasteiger partial charge in [0.25, 0.3) is 0 Å². The number of anilines is 1. The van der Waals surface area contributed by atoms with Gasteiger partial charge < -0.3 is 14.8 Å². The van der Waals surface area contributed by atoms with Crippen LogP contribution in [0.3, 0.4) is 0 Å². The van der Waals surface area contributed by atoms with Gasteiger partial charge in [-0.25, -0.2) is 9.97 Å². The zero-order valence-corrected chi connectivity index (χ0v) is 12.2. The van der Waals surface area contributed by atoms with E-state index in [4.69, 9.17) is 9.47 Å². The molecule has 2 rings (SSSR count). The topological polar surface area (TPSA) is 56.3 Å². The van der Waals surface area contributed by atoms with Crippen molar-refractivity contribution in [2.45, 2.75) is 13.3 Å². The van der Waals surface area contributed by atoms with E-state index in [0.717, 1.165) is 40.6 Å². The van der Waals surface area contributed by atoms with Crippen molar-refractivity contribution in [3.63, 3.8) is 0 Å². The van der Waals surface area contributed by atoms with Crippen LogP contribution in [-0.2, 0) is 6.42 Å². The van der Waals surface area contributed by atoms with E-state index in [0.29, 0.717) is 0 Å². The van der Waals surface area contributed by atoms with Gasteiger partial charge in [0, 0.05) is 24.2 Å². The van der Waals surface area contributed by atoms with E-state index in [2.05, 4.69) is 22.2 Å². The third kappa shape index (κ3) is 2.52. The van der Waals surface area contributed by atoms with Crippen LogP contribution in [0.4, 0.5) is 5.82 Å². The summed E-state index contributed by atoms with van der Waals surface area (Å²) < 4.78 is 10.7. The summed E-state index contributed by atoms with van der Waals surface area (Å²) in [6.45, 7) is 2.08. The van der Waals surface area contributed by atoms with Crippen LogP contribution in [0.1, 0.15) is 12.5 Å². The van der Waals surface area contributed by atoms with E-state index in [1.807, 2.05) is 25.2 Å². The zero-order chi connectivity index (χ0) is 14.5. The first-order chi connectivity index (χ1) is 9.74. The second kappa shape index (κ2) is 6.23. The molecule has 0 aliphatic rings. The third-order valence-corrected chi connectivity index (χ3v) is 3.20. The van der Waals surface area contributed by atoms with Gasteiger partial charge in [0.05, 0.1) is 19.9 Å². The number of nitrogens with zero attached hydrogens (tertiary/aromatic N) is 2. The Labute approximate surface area is 119 Å². The lowest BCUT2D eigenvalue weighted by atomic mass is 10.0. The average molecular weight is 273 g/mol. The molecule has 0 amide bonds. The summed E-state index contributed by atoms with van der Waals surface area (Å²) in [5.41, 5.74) is 2.88. The van der Waals surface area contributed by atoms with Crippen molar-refractivity contribution in [3.05, 3.63) is 30.1 Å². The Morgan fingerprint density at radius 2 is 1.95 bits per heavy atom. The standard InChI is InChI=1S/C15H19N3O2/c1-5-11-14(17-9-18-15(11)16-2)12-7-6-10(19-3)8-13(12)20-4/h6-9H,5H2,1-4H3,(H,16,17,18). The maximum atomic E-state index is 5.45.